The van der Waals surface area contributed by atoms with Crippen LogP contribution in [0, 0.1) is 0 Å². The molecule has 0 aliphatic carbocycles. The van der Waals surface area contributed by atoms with Gasteiger partial charge in [-0.2, -0.15) is 0 Å². The van der Waals surface area contributed by atoms with E-state index in [9.17, 15) is 0 Å². The number of para-hydroxylation sites is 2. The summed E-state index contributed by atoms with van der Waals surface area (Å²) in [6.45, 7) is 0.956. The van der Waals surface area contributed by atoms with Gasteiger partial charge in [0.2, 0.25) is 6.79 Å². The van der Waals surface area contributed by atoms with Crippen molar-refractivity contribution in [1.29, 1.82) is 0 Å². The highest BCUT2D eigenvalue weighted by Gasteiger charge is 2.12. The van der Waals surface area contributed by atoms with Crippen LogP contribution in [-0.4, -0.2) is 13.4 Å². The van der Waals surface area contributed by atoms with E-state index in [2.05, 4.69) is 6.07 Å². The maximum absolute atomic E-state index is 5.82. The maximum Gasteiger partial charge on any atom is 0.231 e. The third-order valence-electron chi connectivity index (χ3n) is 3.22. The smallest absolute Gasteiger partial charge is 0.231 e. The fourth-order valence-corrected chi connectivity index (χ4v) is 2.17. The first kappa shape index (κ1) is 12.7. The van der Waals surface area contributed by atoms with Gasteiger partial charge in [-0.05, 0) is 42.7 Å². The summed E-state index contributed by atoms with van der Waals surface area (Å²) >= 11 is 0. The lowest BCUT2D eigenvalue weighted by molar-refractivity contribution is 0.174. The Morgan fingerprint density at radius 3 is 2.80 bits per heavy atom. The molecule has 20 heavy (non-hydrogen) atoms. The third-order valence-corrected chi connectivity index (χ3v) is 3.22. The first-order valence-electron chi connectivity index (χ1n) is 6.69. The predicted molar refractivity (Wildman–Crippen MR) is 77.2 cm³/mol. The highest BCUT2D eigenvalue weighted by Crippen LogP contribution is 2.32. The second kappa shape index (κ2) is 5.74. The molecule has 1 heterocycles. The quantitative estimate of drug-likeness (QED) is 0.671. The Morgan fingerprint density at radius 1 is 1.05 bits per heavy atom. The minimum atomic E-state index is 0.315. The number of benzene rings is 2. The number of anilines is 1. The highest BCUT2D eigenvalue weighted by molar-refractivity contribution is 5.51. The van der Waals surface area contributed by atoms with E-state index in [1.807, 2.05) is 36.4 Å². The first-order valence-corrected chi connectivity index (χ1v) is 6.69. The van der Waals surface area contributed by atoms with Crippen molar-refractivity contribution in [3.63, 3.8) is 0 Å². The minimum Gasteiger partial charge on any atom is -0.491 e. The number of ether oxygens (including phenoxy) is 3. The summed E-state index contributed by atoms with van der Waals surface area (Å²) in [6.07, 6.45) is 1.86. The lowest BCUT2D eigenvalue weighted by atomic mass is 10.1. The third kappa shape index (κ3) is 2.79. The van der Waals surface area contributed by atoms with Gasteiger partial charge in [-0.15, -0.1) is 0 Å². The molecule has 104 valence electrons. The number of aryl methyl sites for hydroxylation is 1. The molecule has 2 N–H and O–H groups in total. The molecule has 0 spiro atoms. The summed E-state index contributed by atoms with van der Waals surface area (Å²) in [5.41, 5.74) is 7.72. The van der Waals surface area contributed by atoms with Crippen molar-refractivity contribution in [3.8, 4) is 17.2 Å². The van der Waals surface area contributed by atoms with Crippen LogP contribution in [0.3, 0.4) is 0 Å². The van der Waals surface area contributed by atoms with Crippen LogP contribution in [0.15, 0.2) is 42.5 Å². The van der Waals surface area contributed by atoms with Crippen molar-refractivity contribution < 1.29 is 14.2 Å². The van der Waals surface area contributed by atoms with Gasteiger partial charge >= 0.3 is 0 Å². The zero-order valence-corrected chi connectivity index (χ0v) is 11.2. The molecule has 0 saturated carbocycles. The van der Waals surface area contributed by atoms with Crippen molar-refractivity contribution in [2.75, 3.05) is 19.1 Å². The van der Waals surface area contributed by atoms with Crippen LogP contribution < -0.4 is 19.9 Å². The van der Waals surface area contributed by atoms with Gasteiger partial charge in [0.25, 0.3) is 0 Å². The zero-order valence-electron chi connectivity index (χ0n) is 11.2. The molecule has 4 heteroatoms. The predicted octanol–water partition coefficient (Wildman–Crippen LogP) is 3.01. The van der Waals surface area contributed by atoms with Crippen molar-refractivity contribution >= 4 is 5.69 Å². The molecule has 4 nitrogen and oxygen atoms in total. The highest BCUT2D eigenvalue weighted by atomic mass is 16.7. The Labute approximate surface area is 118 Å². The Hall–Kier alpha value is -2.36. The van der Waals surface area contributed by atoms with Crippen LogP contribution in [0.1, 0.15) is 12.0 Å². The Morgan fingerprint density at radius 2 is 1.90 bits per heavy atom. The van der Waals surface area contributed by atoms with E-state index in [1.54, 1.807) is 0 Å². The number of hydrogen-bond donors (Lipinski definition) is 1. The summed E-state index contributed by atoms with van der Waals surface area (Å²) in [5.74, 6) is 2.40. The van der Waals surface area contributed by atoms with E-state index in [0.717, 1.165) is 30.1 Å². The maximum atomic E-state index is 5.82. The molecule has 0 amide bonds. The van der Waals surface area contributed by atoms with Gasteiger partial charge in [0.1, 0.15) is 5.75 Å². The number of nitrogen functional groups attached to an aromatic ring is 1. The van der Waals surface area contributed by atoms with Crippen LogP contribution in [0.5, 0.6) is 17.2 Å². The molecule has 1 aliphatic rings. The normalized spacial score (nSPS) is 12.4. The molecule has 0 bridgehead atoms. The van der Waals surface area contributed by atoms with Crippen LogP contribution in [0.2, 0.25) is 0 Å². The van der Waals surface area contributed by atoms with E-state index in [1.165, 1.54) is 5.56 Å². The van der Waals surface area contributed by atoms with E-state index < -0.39 is 0 Å². The summed E-state index contributed by atoms with van der Waals surface area (Å²) in [4.78, 5) is 0. The largest absolute Gasteiger partial charge is 0.491 e. The van der Waals surface area contributed by atoms with Crippen molar-refractivity contribution in [2.24, 2.45) is 0 Å². The van der Waals surface area contributed by atoms with Crippen LogP contribution in [-0.2, 0) is 6.42 Å². The molecule has 3 rings (SSSR count). The average molecular weight is 271 g/mol. The average Bonchev–Trinajstić information content (AvgIpc) is 2.93. The Balaban J connectivity index is 1.49. The van der Waals surface area contributed by atoms with Crippen molar-refractivity contribution in [3.05, 3.63) is 48.0 Å². The molecule has 0 aromatic heterocycles. The second-order valence-electron chi connectivity index (χ2n) is 4.68. The second-order valence-corrected chi connectivity index (χ2v) is 4.68. The van der Waals surface area contributed by atoms with Crippen molar-refractivity contribution in [1.82, 2.24) is 0 Å². The lowest BCUT2D eigenvalue weighted by Gasteiger charge is -2.08. The van der Waals surface area contributed by atoms with E-state index in [0.29, 0.717) is 19.1 Å². The van der Waals surface area contributed by atoms with E-state index >= 15 is 0 Å². The standard InChI is InChI=1S/C16H17NO3/c17-13-5-1-2-6-14(13)18-9-3-4-12-7-8-15-16(10-12)20-11-19-15/h1-2,5-8,10H,3-4,9,11,17H2. The van der Waals surface area contributed by atoms with Gasteiger partial charge in [-0.25, -0.2) is 0 Å². The Kier molecular flexibility index (Phi) is 3.63. The van der Waals surface area contributed by atoms with Gasteiger partial charge < -0.3 is 19.9 Å². The molecule has 0 radical (unpaired) electrons. The molecule has 0 fully saturated rings. The molecule has 0 unspecified atom stereocenters. The summed E-state index contributed by atoms with van der Waals surface area (Å²) < 4.78 is 16.3. The zero-order chi connectivity index (χ0) is 13.8. The molecule has 0 atom stereocenters. The van der Waals surface area contributed by atoms with Gasteiger partial charge in [-0.3, -0.25) is 0 Å². The van der Waals surface area contributed by atoms with Gasteiger partial charge in [0.15, 0.2) is 11.5 Å². The van der Waals surface area contributed by atoms with Gasteiger partial charge in [-0.1, -0.05) is 18.2 Å². The molecular formula is C16H17NO3. The molecule has 2 aromatic rings. The molecule has 2 aromatic carbocycles. The van der Waals surface area contributed by atoms with Crippen LogP contribution in [0.4, 0.5) is 5.69 Å². The topological polar surface area (TPSA) is 53.7 Å². The molecule has 0 saturated heterocycles. The van der Waals surface area contributed by atoms with E-state index in [4.69, 9.17) is 19.9 Å². The minimum absolute atomic E-state index is 0.315. The fourth-order valence-electron chi connectivity index (χ4n) is 2.17. The van der Waals surface area contributed by atoms with Crippen LogP contribution >= 0.6 is 0 Å². The first-order chi connectivity index (χ1) is 9.83. The summed E-state index contributed by atoms with van der Waals surface area (Å²) in [7, 11) is 0. The number of fused-ring (bicyclic) bond motifs is 1. The van der Waals surface area contributed by atoms with Gasteiger partial charge in [0.05, 0.1) is 12.3 Å². The fraction of sp³-hybridized carbons (Fsp3) is 0.250. The van der Waals surface area contributed by atoms with Crippen LogP contribution in [0.25, 0.3) is 0 Å². The van der Waals surface area contributed by atoms with E-state index in [-0.39, 0.29) is 0 Å². The summed E-state index contributed by atoms with van der Waals surface area (Å²) in [6, 6.07) is 13.6. The number of nitrogens with two attached hydrogens (primary N) is 1. The monoisotopic (exact) mass is 271 g/mol. The Bertz CT molecular complexity index is 598. The number of rotatable bonds is 5. The number of hydrogen-bond acceptors (Lipinski definition) is 4. The summed E-state index contributed by atoms with van der Waals surface area (Å²) in [5, 5.41) is 0. The van der Waals surface area contributed by atoms with Gasteiger partial charge in [0, 0.05) is 0 Å². The molecular weight excluding hydrogens is 254 g/mol. The lowest BCUT2D eigenvalue weighted by Crippen LogP contribution is -2.01. The SMILES string of the molecule is Nc1ccccc1OCCCc1ccc2c(c1)OCO2. The van der Waals surface area contributed by atoms with Crippen molar-refractivity contribution in [2.45, 2.75) is 12.8 Å². The molecule has 1 aliphatic heterocycles.